The van der Waals surface area contributed by atoms with E-state index in [0.717, 1.165) is 19.3 Å². The first-order valence-corrected chi connectivity index (χ1v) is 9.61. The molecule has 3 heteroatoms. The summed E-state index contributed by atoms with van der Waals surface area (Å²) in [5.41, 5.74) is 9.50. The second-order valence-corrected chi connectivity index (χ2v) is 7.52. The molecule has 138 valence electrons. The van der Waals surface area contributed by atoms with E-state index in [2.05, 4.69) is 54.6 Å². The lowest BCUT2D eigenvalue weighted by molar-refractivity contribution is -0.146. The van der Waals surface area contributed by atoms with Gasteiger partial charge >= 0.3 is 5.97 Å². The van der Waals surface area contributed by atoms with Crippen LogP contribution in [0, 0.1) is 0 Å². The SMILES string of the molecule is COC(=O)[C@@]1(N)CC[C@H](c2ccc(CCCCc3ccccc3)cc2)C1. The average Bonchev–Trinajstić information content (AvgIpc) is 3.09. The van der Waals surface area contributed by atoms with E-state index in [9.17, 15) is 4.79 Å². The second kappa shape index (κ2) is 8.50. The van der Waals surface area contributed by atoms with E-state index in [1.165, 1.54) is 36.6 Å². The molecule has 0 unspecified atom stereocenters. The molecule has 0 aliphatic heterocycles. The summed E-state index contributed by atoms with van der Waals surface area (Å²) in [7, 11) is 1.41. The van der Waals surface area contributed by atoms with Crippen molar-refractivity contribution >= 4 is 5.97 Å². The maximum Gasteiger partial charge on any atom is 0.325 e. The molecule has 2 aromatic carbocycles. The monoisotopic (exact) mass is 351 g/mol. The normalized spacial score (nSPS) is 22.3. The molecule has 0 aromatic heterocycles. The minimum atomic E-state index is -0.810. The molecule has 0 radical (unpaired) electrons. The van der Waals surface area contributed by atoms with Gasteiger partial charge in [0.2, 0.25) is 0 Å². The number of carbonyl (C=O) groups excluding carboxylic acids is 1. The van der Waals surface area contributed by atoms with Crippen molar-refractivity contribution in [1.29, 1.82) is 0 Å². The Hall–Kier alpha value is -2.13. The number of nitrogens with two attached hydrogens (primary N) is 1. The van der Waals surface area contributed by atoms with Gasteiger partial charge in [-0.15, -0.1) is 0 Å². The van der Waals surface area contributed by atoms with Crippen molar-refractivity contribution in [2.45, 2.75) is 56.4 Å². The molecule has 0 saturated heterocycles. The number of rotatable bonds is 7. The van der Waals surface area contributed by atoms with Crippen LogP contribution >= 0.6 is 0 Å². The predicted octanol–water partition coefficient (Wildman–Crippen LogP) is 4.39. The molecule has 1 aliphatic carbocycles. The van der Waals surface area contributed by atoms with Crippen molar-refractivity contribution < 1.29 is 9.53 Å². The lowest BCUT2D eigenvalue weighted by atomic mass is 9.92. The van der Waals surface area contributed by atoms with Gasteiger partial charge in [-0.3, -0.25) is 4.79 Å². The third-order valence-electron chi connectivity index (χ3n) is 5.62. The first-order chi connectivity index (χ1) is 12.6. The Morgan fingerprint density at radius 1 is 1.04 bits per heavy atom. The van der Waals surface area contributed by atoms with Crippen LogP contribution in [0.5, 0.6) is 0 Å². The second-order valence-electron chi connectivity index (χ2n) is 7.52. The van der Waals surface area contributed by atoms with Gasteiger partial charge in [-0.2, -0.15) is 0 Å². The number of hydrogen-bond acceptors (Lipinski definition) is 3. The molecule has 0 heterocycles. The fourth-order valence-electron chi connectivity index (χ4n) is 4.01. The Bertz CT molecular complexity index is 711. The molecule has 0 amide bonds. The first kappa shape index (κ1) is 18.7. The number of benzene rings is 2. The van der Waals surface area contributed by atoms with Crippen LogP contribution < -0.4 is 5.73 Å². The molecule has 2 aromatic rings. The third kappa shape index (κ3) is 4.53. The number of unbranched alkanes of at least 4 members (excludes halogenated alkanes) is 1. The lowest BCUT2D eigenvalue weighted by Crippen LogP contribution is -2.46. The third-order valence-corrected chi connectivity index (χ3v) is 5.62. The standard InChI is InChI=1S/C23H29NO2/c1-26-22(25)23(24)16-15-21(17-23)20-13-11-19(12-14-20)10-6-5-9-18-7-3-2-4-8-18/h2-4,7-8,11-14,21H,5-6,9-10,15-17,24H2,1H3/t21-,23+/m0/s1. The van der Waals surface area contributed by atoms with E-state index in [1.807, 2.05) is 0 Å². The summed E-state index contributed by atoms with van der Waals surface area (Å²) < 4.78 is 4.86. The van der Waals surface area contributed by atoms with Gasteiger partial charge in [0.1, 0.15) is 5.54 Å². The van der Waals surface area contributed by atoms with Crippen molar-refractivity contribution in [3.05, 3.63) is 71.3 Å². The van der Waals surface area contributed by atoms with Crippen molar-refractivity contribution in [2.75, 3.05) is 7.11 Å². The van der Waals surface area contributed by atoms with E-state index in [4.69, 9.17) is 10.5 Å². The molecule has 3 nitrogen and oxygen atoms in total. The molecule has 2 atom stereocenters. The molecule has 0 bridgehead atoms. The van der Waals surface area contributed by atoms with Crippen LogP contribution in [-0.4, -0.2) is 18.6 Å². The van der Waals surface area contributed by atoms with Gasteiger partial charge in [-0.25, -0.2) is 0 Å². The van der Waals surface area contributed by atoms with Crippen molar-refractivity contribution in [3.63, 3.8) is 0 Å². The fourth-order valence-corrected chi connectivity index (χ4v) is 4.01. The molecular formula is C23H29NO2. The minimum absolute atomic E-state index is 0.282. The molecule has 26 heavy (non-hydrogen) atoms. The van der Waals surface area contributed by atoms with Gasteiger partial charge in [0.05, 0.1) is 7.11 Å². The summed E-state index contributed by atoms with van der Waals surface area (Å²) in [5, 5.41) is 0. The van der Waals surface area contributed by atoms with E-state index >= 15 is 0 Å². The zero-order valence-electron chi connectivity index (χ0n) is 15.6. The zero-order chi connectivity index (χ0) is 18.4. The quantitative estimate of drug-likeness (QED) is 0.594. The largest absolute Gasteiger partial charge is 0.468 e. The van der Waals surface area contributed by atoms with Gasteiger partial charge < -0.3 is 10.5 Å². The average molecular weight is 351 g/mol. The molecule has 3 rings (SSSR count). The Morgan fingerprint density at radius 2 is 1.65 bits per heavy atom. The summed E-state index contributed by atoms with van der Waals surface area (Å²) >= 11 is 0. The summed E-state index contributed by atoms with van der Waals surface area (Å²) in [6, 6.07) is 19.5. The lowest BCUT2D eigenvalue weighted by Gasteiger charge is -2.20. The number of carbonyl (C=O) groups is 1. The van der Waals surface area contributed by atoms with E-state index in [-0.39, 0.29) is 5.97 Å². The Kier molecular flexibility index (Phi) is 6.10. The highest BCUT2D eigenvalue weighted by Crippen LogP contribution is 2.40. The predicted molar refractivity (Wildman–Crippen MR) is 105 cm³/mol. The van der Waals surface area contributed by atoms with Crippen molar-refractivity contribution in [3.8, 4) is 0 Å². The Balaban J connectivity index is 1.47. The van der Waals surface area contributed by atoms with Crippen molar-refractivity contribution in [2.24, 2.45) is 5.73 Å². The van der Waals surface area contributed by atoms with Gasteiger partial charge in [-0.1, -0.05) is 54.6 Å². The minimum Gasteiger partial charge on any atom is -0.468 e. The van der Waals surface area contributed by atoms with E-state index in [0.29, 0.717) is 18.8 Å². The summed E-state index contributed by atoms with van der Waals surface area (Å²) in [5.74, 6) is 0.0706. The smallest absolute Gasteiger partial charge is 0.325 e. The van der Waals surface area contributed by atoms with Crippen LogP contribution in [0.4, 0.5) is 0 Å². The maximum absolute atomic E-state index is 11.9. The molecule has 1 saturated carbocycles. The number of hydrogen-bond donors (Lipinski definition) is 1. The Labute approximate surface area is 156 Å². The number of aryl methyl sites for hydroxylation is 2. The van der Waals surface area contributed by atoms with Crippen LogP contribution in [0.15, 0.2) is 54.6 Å². The van der Waals surface area contributed by atoms with E-state index < -0.39 is 5.54 Å². The summed E-state index contributed by atoms with van der Waals surface area (Å²) in [4.78, 5) is 11.9. The first-order valence-electron chi connectivity index (χ1n) is 9.61. The van der Waals surface area contributed by atoms with Crippen LogP contribution in [0.25, 0.3) is 0 Å². The molecular weight excluding hydrogens is 322 g/mol. The topological polar surface area (TPSA) is 52.3 Å². The van der Waals surface area contributed by atoms with Gasteiger partial charge in [0.25, 0.3) is 0 Å². The molecule has 1 fully saturated rings. The van der Waals surface area contributed by atoms with Gasteiger partial charge in [-0.05, 0) is 67.6 Å². The van der Waals surface area contributed by atoms with Crippen LogP contribution in [0.2, 0.25) is 0 Å². The van der Waals surface area contributed by atoms with Crippen LogP contribution in [0.3, 0.4) is 0 Å². The highest BCUT2D eigenvalue weighted by molar-refractivity contribution is 5.81. The number of ether oxygens (including phenoxy) is 1. The Morgan fingerprint density at radius 3 is 2.27 bits per heavy atom. The fraction of sp³-hybridized carbons (Fsp3) is 0.435. The zero-order valence-corrected chi connectivity index (χ0v) is 15.6. The van der Waals surface area contributed by atoms with Crippen LogP contribution in [0.1, 0.15) is 54.7 Å². The van der Waals surface area contributed by atoms with E-state index in [1.54, 1.807) is 0 Å². The van der Waals surface area contributed by atoms with Gasteiger partial charge in [0.15, 0.2) is 0 Å². The number of methoxy groups -OCH3 is 1. The summed E-state index contributed by atoms with van der Waals surface area (Å²) in [6.07, 6.45) is 6.99. The van der Waals surface area contributed by atoms with Gasteiger partial charge in [0, 0.05) is 0 Å². The van der Waals surface area contributed by atoms with Crippen LogP contribution in [-0.2, 0) is 22.4 Å². The number of esters is 1. The highest BCUT2D eigenvalue weighted by Gasteiger charge is 2.43. The molecule has 0 spiro atoms. The molecule has 1 aliphatic rings. The maximum atomic E-state index is 11.9. The van der Waals surface area contributed by atoms with Crippen molar-refractivity contribution in [1.82, 2.24) is 0 Å². The highest BCUT2D eigenvalue weighted by atomic mass is 16.5. The molecule has 2 N–H and O–H groups in total. The summed E-state index contributed by atoms with van der Waals surface area (Å²) in [6.45, 7) is 0.